The molecule has 0 unspecified atom stereocenters. The Morgan fingerprint density at radius 2 is 0.900 bits per heavy atom. The highest BCUT2D eigenvalue weighted by Gasteiger charge is 2.18. The Kier molecular flexibility index (Phi) is 7.88. The van der Waals surface area contributed by atoms with E-state index in [2.05, 4.69) is 40.5 Å². The summed E-state index contributed by atoms with van der Waals surface area (Å²) in [6.45, 7) is 6.70. The fraction of sp³-hybridized carbons (Fsp3) is 0.167. The number of rotatable bonds is 8. The van der Waals surface area contributed by atoms with Gasteiger partial charge in [0.15, 0.2) is 0 Å². The van der Waals surface area contributed by atoms with Crippen molar-refractivity contribution in [3.05, 3.63) is 70.8 Å². The Bertz CT molecular complexity index is 1690. The Labute approximate surface area is 230 Å². The average molecular weight is 585 g/mol. The van der Waals surface area contributed by atoms with Gasteiger partial charge in [-0.05, 0) is 63.1 Å². The topological polar surface area (TPSA) is 210 Å². The zero-order chi connectivity index (χ0) is 29.2. The molecule has 14 nitrogen and oxygen atoms in total. The molecule has 2 aromatic carbocycles. The van der Waals surface area contributed by atoms with Gasteiger partial charge in [-0.15, -0.1) is 0 Å². The van der Waals surface area contributed by atoms with Crippen LogP contribution in [-0.2, 0) is 20.2 Å². The molecular weight excluding hydrogens is 560 g/mol. The zero-order valence-corrected chi connectivity index (χ0v) is 23.3. The molecule has 0 saturated carbocycles. The number of nitrogens with one attached hydrogen (secondary N) is 2. The van der Waals surface area contributed by atoms with E-state index in [4.69, 9.17) is 0 Å². The Balaban J connectivity index is 1.69. The van der Waals surface area contributed by atoms with E-state index in [0.29, 0.717) is 23.3 Å². The summed E-state index contributed by atoms with van der Waals surface area (Å²) in [5.41, 5.74) is 0.645. The lowest BCUT2D eigenvalue weighted by Gasteiger charge is -2.11. The van der Waals surface area contributed by atoms with Crippen molar-refractivity contribution >= 4 is 55.7 Å². The number of hydrogen-bond donors (Lipinski definition) is 4. The van der Waals surface area contributed by atoms with Crippen LogP contribution < -0.4 is 10.6 Å². The maximum absolute atomic E-state index is 12.2. The Hall–Kier alpha value is -4.38. The molecule has 0 fully saturated rings. The molecule has 16 heteroatoms. The van der Waals surface area contributed by atoms with Gasteiger partial charge in [0.05, 0.1) is 0 Å². The summed E-state index contributed by atoms with van der Waals surface area (Å²) in [4.78, 5) is 23.8. The lowest BCUT2D eigenvalue weighted by molar-refractivity contribution is 0.480. The second-order valence-electron chi connectivity index (χ2n) is 8.55. The third-order valence-corrected chi connectivity index (χ3v) is 7.07. The molecule has 0 radical (unpaired) electrons. The third-order valence-electron chi connectivity index (χ3n) is 5.26. The summed E-state index contributed by atoms with van der Waals surface area (Å²) in [6.07, 6.45) is 2.58. The molecule has 4 rings (SSSR count). The van der Waals surface area contributed by atoms with Gasteiger partial charge in [-0.25, -0.2) is 9.97 Å². The molecule has 2 heterocycles. The molecule has 0 saturated heterocycles. The molecule has 0 atom stereocenters. The van der Waals surface area contributed by atoms with E-state index in [1.165, 1.54) is 48.6 Å². The minimum Gasteiger partial charge on any atom is -0.324 e. The minimum atomic E-state index is -4.70. The first kappa shape index (κ1) is 28.6. The largest absolute Gasteiger partial charge is 0.324 e. The van der Waals surface area contributed by atoms with Crippen LogP contribution >= 0.6 is 0 Å². The number of aryl methyl sites for hydroxylation is 4. The summed E-state index contributed by atoms with van der Waals surface area (Å²) in [5.74, 6) is 2.20. The Morgan fingerprint density at radius 1 is 0.575 bits per heavy atom. The highest BCUT2D eigenvalue weighted by molar-refractivity contribution is 7.86. The van der Waals surface area contributed by atoms with Crippen LogP contribution in [-0.4, -0.2) is 55.8 Å². The summed E-state index contributed by atoms with van der Waals surface area (Å²) in [6, 6.07) is 8.21. The van der Waals surface area contributed by atoms with Crippen LogP contribution in [0.2, 0.25) is 0 Å². The monoisotopic (exact) mass is 584 g/mol. The van der Waals surface area contributed by atoms with Gasteiger partial charge in [-0.1, -0.05) is 24.3 Å². The van der Waals surface area contributed by atoms with E-state index in [-0.39, 0.29) is 34.4 Å². The van der Waals surface area contributed by atoms with Crippen molar-refractivity contribution < 1.29 is 25.9 Å². The maximum Gasteiger partial charge on any atom is 0.295 e. The average Bonchev–Trinajstić information content (AvgIpc) is 2.81. The van der Waals surface area contributed by atoms with Gasteiger partial charge in [0.1, 0.15) is 33.1 Å². The Morgan fingerprint density at radius 3 is 1.20 bits per heavy atom. The number of anilines is 4. The highest BCUT2D eigenvalue weighted by atomic mass is 32.2. The van der Waals surface area contributed by atoms with Gasteiger partial charge in [0, 0.05) is 11.4 Å². The fourth-order valence-corrected chi connectivity index (χ4v) is 5.15. The van der Waals surface area contributed by atoms with E-state index in [1.54, 1.807) is 27.7 Å². The molecule has 0 aliphatic carbocycles. The zero-order valence-electron chi connectivity index (χ0n) is 21.6. The highest BCUT2D eigenvalue weighted by Crippen LogP contribution is 2.27. The first-order valence-electron chi connectivity index (χ1n) is 11.5. The number of benzene rings is 2. The van der Waals surface area contributed by atoms with Crippen molar-refractivity contribution in [3.8, 4) is 0 Å². The number of aromatic nitrogens is 6. The van der Waals surface area contributed by atoms with Crippen LogP contribution in [0.15, 0.2) is 46.2 Å². The van der Waals surface area contributed by atoms with Crippen LogP contribution in [0.4, 0.5) is 23.3 Å². The molecular formula is C24H24N8O6S2. The number of nitrogens with zero attached hydrogens (tertiary/aromatic N) is 6. The van der Waals surface area contributed by atoms with E-state index < -0.39 is 30.0 Å². The van der Waals surface area contributed by atoms with Crippen molar-refractivity contribution in [1.82, 2.24) is 29.9 Å². The molecule has 4 N–H and O–H groups in total. The summed E-state index contributed by atoms with van der Waals surface area (Å²) in [5, 5.41) is 5.73. The first-order chi connectivity index (χ1) is 18.7. The van der Waals surface area contributed by atoms with Gasteiger partial charge in [0.25, 0.3) is 20.2 Å². The van der Waals surface area contributed by atoms with Crippen molar-refractivity contribution in [2.24, 2.45) is 0 Å². The lowest BCUT2D eigenvalue weighted by atomic mass is 10.1. The molecule has 208 valence electrons. The fourth-order valence-electron chi connectivity index (χ4n) is 3.73. The molecule has 0 aliphatic heterocycles. The molecule has 0 spiro atoms. The molecule has 40 heavy (non-hydrogen) atoms. The smallest absolute Gasteiger partial charge is 0.295 e. The van der Waals surface area contributed by atoms with Crippen LogP contribution in [0.25, 0.3) is 12.2 Å². The molecule has 0 aliphatic rings. The van der Waals surface area contributed by atoms with Gasteiger partial charge >= 0.3 is 0 Å². The second-order valence-corrected chi connectivity index (χ2v) is 11.3. The van der Waals surface area contributed by atoms with E-state index in [1.807, 2.05) is 0 Å². The van der Waals surface area contributed by atoms with Crippen molar-refractivity contribution in [3.63, 3.8) is 0 Å². The predicted octanol–water partition coefficient (Wildman–Crippen LogP) is 3.44. The van der Waals surface area contributed by atoms with Crippen LogP contribution in [0.3, 0.4) is 0 Å². The normalized spacial score (nSPS) is 12.1. The van der Waals surface area contributed by atoms with Crippen molar-refractivity contribution in [1.29, 1.82) is 0 Å². The molecule has 0 bridgehead atoms. The third kappa shape index (κ3) is 7.17. The van der Waals surface area contributed by atoms with E-state index in [9.17, 15) is 25.9 Å². The maximum atomic E-state index is 12.2. The standard InChI is InChI=1S/C24H24N8O6S2/c1-13-25-14(2)28-23(27-13)31-19-9-7-17(21(11-19)39(33,34)35)5-6-18-8-10-20(12-22(18)40(36,37)38)32-24-29-15(3)26-16(4)30-24/h5-12H,1-4H3,(H,33,34,35)(H,36,37,38)(H,25,27,28,31)(H,26,29,30,32)/b6-5+. The second kappa shape index (κ2) is 11.0. The summed E-state index contributed by atoms with van der Waals surface area (Å²) in [7, 11) is -9.39. The first-order valence-corrected chi connectivity index (χ1v) is 14.4. The number of hydrogen-bond acceptors (Lipinski definition) is 12. The summed E-state index contributed by atoms with van der Waals surface area (Å²) < 4.78 is 68.4. The van der Waals surface area contributed by atoms with Crippen LogP contribution in [0.5, 0.6) is 0 Å². The van der Waals surface area contributed by atoms with Gasteiger partial charge < -0.3 is 10.6 Å². The van der Waals surface area contributed by atoms with Crippen LogP contribution in [0.1, 0.15) is 34.4 Å². The minimum absolute atomic E-state index is 0.0516. The van der Waals surface area contributed by atoms with E-state index in [0.717, 1.165) is 0 Å². The van der Waals surface area contributed by atoms with Crippen molar-refractivity contribution in [2.45, 2.75) is 37.5 Å². The van der Waals surface area contributed by atoms with Gasteiger partial charge in [0.2, 0.25) is 11.9 Å². The lowest BCUT2D eigenvalue weighted by Crippen LogP contribution is -2.06. The summed E-state index contributed by atoms with van der Waals surface area (Å²) >= 11 is 0. The van der Waals surface area contributed by atoms with Crippen LogP contribution in [0, 0.1) is 27.7 Å². The molecule has 4 aromatic rings. The molecule has 2 aromatic heterocycles. The van der Waals surface area contributed by atoms with Gasteiger partial charge in [-0.2, -0.15) is 36.8 Å². The quantitative estimate of drug-likeness (QED) is 0.173. The molecule has 0 amide bonds. The van der Waals surface area contributed by atoms with Gasteiger partial charge in [-0.3, -0.25) is 9.11 Å². The SMILES string of the molecule is Cc1nc(C)nc(Nc2ccc(/C=C/c3ccc(Nc4nc(C)nc(C)n4)cc3S(=O)(=O)O)c(S(=O)(=O)O)c2)n1. The predicted molar refractivity (Wildman–Crippen MR) is 147 cm³/mol. The van der Waals surface area contributed by atoms with E-state index >= 15 is 0 Å². The van der Waals surface area contributed by atoms with Crippen molar-refractivity contribution in [2.75, 3.05) is 10.6 Å².